The molecule has 2 aromatic rings. The van der Waals surface area contributed by atoms with E-state index in [1.807, 2.05) is 24.3 Å². The van der Waals surface area contributed by atoms with Crippen LogP contribution in [0.1, 0.15) is 24.5 Å². The van der Waals surface area contributed by atoms with Gasteiger partial charge in [0.25, 0.3) is 0 Å². The quantitative estimate of drug-likeness (QED) is 0.855. The average Bonchev–Trinajstić information content (AvgIpc) is 2.49. The van der Waals surface area contributed by atoms with Crippen molar-refractivity contribution in [2.24, 2.45) is 0 Å². The van der Waals surface area contributed by atoms with Crippen molar-refractivity contribution in [2.45, 2.75) is 31.1 Å². The van der Waals surface area contributed by atoms with Crippen LogP contribution in [0.5, 0.6) is 0 Å². The summed E-state index contributed by atoms with van der Waals surface area (Å²) >= 11 is 0. The predicted molar refractivity (Wildman–Crippen MR) is 83.6 cm³/mol. The van der Waals surface area contributed by atoms with Gasteiger partial charge in [0.15, 0.2) is 0 Å². The van der Waals surface area contributed by atoms with E-state index in [0.29, 0.717) is 17.9 Å². The third-order valence-corrected chi connectivity index (χ3v) is 4.68. The van der Waals surface area contributed by atoms with Crippen LogP contribution in [0.4, 0.5) is 0 Å². The molecule has 1 aromatic heterocycles. The van der Waals surface area contributed by atoms with Crippen molar-refractivity contribution in [3.63, 3.8) is 0 Å². The van der Waals surface area contributed by atoms with E-state index in [9.17, 15) is 8.42 Å². The van der Waals surface area contributed by atoms with Crippen molar-refractivity contribution in [2.75, 3.05) is 6.54 Å². The molecule has 0 aliphatic rings. The second-order valence-corrected chi connectivity index (χ2v) is 6.67. The number of aryl methyl sites for hydroxylation is 1. The Balaban J connectivity index is 1.95. The molecule has 0 atom stereocenters. The minimum Gasteiger partial charge on any atom is -0.264 e. The van der Waals surface area contributed by atoms with Gasteiger partial charge in [-0.2, -0.15) is 0 Å². The van der Waals surface area contributed by atoms with E-state index in [4.69, 9.17) is 0 Å². The van der Waals surface area contributed by atoms with Crippen molar-refractivity contribution in [1.29, 1.82) is 0 Å². The second kappa shape index (κ2) is 7.33. The maximum atomic E-state index is 12.2. The first-order chi connectivity index (χ1) is 10.1. The van der Waals surface area contributed by atoms with Gasteiger partial charge in [-0.05, 0) is 42.2 Å². The number of nitrogens with one attached hydrogen (secondary N) is 1. The summed E-state index contributed by atoms with van der Waals surface area (Å²) in [5.41, 5.74) is 2.17. The average molecular weight is 304 g/mol. The van der Waals surface area contributed by atoms with Gasteiger partial charge < -0.3 is 0 Å². The minimum atomic E-state index is -3.43. The predicted octanol–water partition coefficient (Wildman–Crippen LogP) is 2.56. The Bertz CT molecular complexity index is 652. The molecule has 1 aromatic carbocycles. The summed E-state index contributed by atoms with van der Waals surface area (Å²) in [5, 5.41) is 0. The van der Waals surface area contributed by atoms with Crippen molar-refractivity contribution < 1.29 is 8.42 Å². The summed E-state index contributed by atoms with van der Waals surface area (Å²) in [6.45, 7) is 2.47. The number of hydrogen-bond donors (Lipinski definition) is 1. The van der Waals surface area contributed by atoms with Gasteiger partial charge in [0.1, 0.15) is 0 Å². The van der Waals surface area contributed by atoms with Crippen LogP contribution < -0.4 is 4.72 Å². The smallest absolute Gasteiger partial charge is 0.240 e. The molecule has 1 N–H and O–H groups in total. The molecule has 21 heavy (non-hydrogen) atoms. The molecule has 0 unspecified atom stereocenters. The first-order valence-corrected chi connectivity index (χ1v) is 8.57. The van der Waals surface area contributed by atoms with Gasteiger partial charge >= 0.3 is 0 Å². The van der Waals surface area contributed by atoms with Gasteiger partial charge in [-0.3, -0.25) is 4.98 Å². The monoisotopic (exact) mass is 304 g/mol. The molecule has 0 radical (unpaired) electrons. The molecule has 0 bridgehead atoms. The van der Waals surface area contributed by atoms with Crippen LogP contribution in [0.3, 0.4) is 0 Å². The van der Waals surface area contributed by atoms with Crippen LogP contribution in [-0.4, -0.2) is 19.9 Å². The van der Waals surface area contributed by atoms with Crippen molar-refractivity contribution >= 4 is 10.0 Å². The highest BCUT2D eigenvalue weighted by Crippen LogP contribution is 2.11. The van der Waals surface area contributed by atoms with Crippen LogP contribution in [-0.2, 0) is 22.9 Å². The Morgan fingerprint density at radius 2 is 1.81 bits per heavy atom. The summed E-state index contributed by atoms with van der Waals surface area (Å²) in [7, 11) is -3.43. The van der Waals surface area contributed by atoms with Gasteiger partial charge in [-0.25, -0.2) is 13.1 Å². The molecule has 2 rings (SSSR count). The van der Waals surface area contributed by atoms with E-state index in [-0.39, 0.29) is 0 Å². The number of benzene rings is 1. The maximum Gasteiger partial charge on any atom is 0.240 e. The maximum absolute atomic E-state index is 12.2. The zero-order valence-corrected chi connectivity index (χ0v) is 12.9. The summed E-state index contributed by atoms with van der Waals surface area (Å²) in [5.74, 6) is 0. The van der Waals surface area contributed by atoms with Gasteiger partial charge in [0.2, 0.25) is 10.0 Å². The number of pyridine rings is 1. The highest BCUT2D eigenvalue weighted by Gasteiger charge is 2.12. The lowest BCUT2D eigenvalue weighted by Crippen LogP contribution is -2.26. The first-order valence-electron chi connectivity index (χ1n) is 7.09. The Labute approximate surface area is 126 Å². The summed E-state index contributed by atoms with van der Waals surface area (Å²) in [6.07, 6.45) is 6.09. The van der Waals surface area contributed by atoms with E-state index in [2.05, 4.69) is 16.6 Å². The molecule has 0 fully saturated rings. The molecule has 0 saturated heterocycles. The van der Waals surface area contributed by atoms with Crippen molar-refractivity contribution in [3.05, 3.63) is 59.9 Å². The number of nitrogens with zero attached hydrogens (tertiary/aromatic N) is 1. The van der Waals surface area contributed by atoms with Crippen molar-refractivity contribution in [1.82, 2.24) is 9.71 Å². The van der Waals surface area contributed by atoms with Crippen LogP contribution in [0.25, 0.3) is 0 Å². The summed E-state index contributed by atoms with van der Waals surface area (Å²) in [6, 6.07) is 10.9. The Kier molecular flexibility index (Phi) is 5.47. The lowest BCUT2D eigenvalue weighted by Gasteiger charge is -2.07. The zero-order valence-electron chi connectivity index (χ0n) is 12.1. The molecule has 0 aliphatic carbocycles. The third-order valence-electron chi connectivity index (χ3n) is 3.20. The molecule has 1 heterocycles. The fourth-order valence-electron chi connectivity index (χ4n) is 2.08. The molecule has 0 amide bonds. The van der Waals surface area contributed by atoms with E-state index < -0.39 is 10.0 Å². The summed E-state index contributed by atoms with van der Waals surface area (Å²) in [4.78, 5) is 4.32. The van der Waals surface area contributed by atoms with E-state index in [1.165, 1.54) is 0 Å². The fraction of sp³-hybridized carbons (Fsp3) is 0.312. The second-order valence-electron chi connectivity index (χ2n) is 4.90. The van der Waals surface area contributed by atoms with Gasteiger partial charge in [-0.1, -0.05) is 31.5 Å². The Hall–Kier alpha value is -1.72. The summed E-state index contributed by atoms with van der Waals surface area (Å²) < 4.78 is 26.9. The number of aromatic nitrogens is 1. The molecule has 112 valence electrons. The molecule has 5 heteroatoms. The van der Waals surface area contributed by atoms with Crippen molar-refractivity contribution in [3.8, 4) is 0 Å². The van der Waals surface area contributed by atoms with Crippen LogP contribution in [0, 0.1) is 0 Å². The third kappa shape index (κ3) is 4.65. The molecular formula is C16H20N2O2S. The number of rotatable bonds is 7. The molecule has 4 nitrogen and oxygen atoms in total. The highest BCUT2D eigenvalue weighted by atomic mass is 32.2. The first kappa shape index (κ1) is 15.7. The van der Waals surface area contributed by atoms with E-state index in [0.717, 1.165) is 24.0 Å². The molecule has 0 aliphatic heterocycles. The van der Waals surface area contributed by atoms with Crippen LogP contribution in [0.15, 0.2) is 53.7 Å². The number of sulfonamides is 1. The standard InChI is InChI=1S/C16H20N2O2S/c1-2-4-14-6-8-16(9-7-14)21(19,20)18-12-10-15-5-3-11-17-13-15/h3,5-9,11,13,18H,2,4,10,12H2,1H3. The van der Waals surface area contributed by atoms with Gasteiger partial charge in [0, 0.05) is 18.9 Å². The van der Waals surface area contributed by atoms with Crippen LogP contribution in [0.2, 0.25) is 0 Å². The topological polar surface area (TPSA) is 59.1 Å². The largest absolute Gasteiger partial charge is 0.264 e. The lowest BCUT2D eigenvalue weighted by atomic mass is 10.1. The van der Waals surface area contributed by atoms with Crippen LogP contribution >= 0.6 is 0 Å². The fourth-order valence-corrected chi connectivity index (χ4v) is 3.11. The highest BCUT2D eigenvalue weighted by molar-refractivity contribution is 7.89. The normalized spacial score (nSPS) is 11.5. The van der Waals surface area contributed by atoms with E-state index in [1.54, 1.807) is 24.5 Å². The molecule has 0 spiro atoms. The van der Waals surface area contributed by atoms with E-state index >= 15 is 0 Å². The van der Waals surface area contributed by atoms with Gasteiger partial charge in [0.05, 0.1) is 4.90 Å². The molecular weight excluding hydrogens is 284 g/mol. The SMILES string of the molecule is CCCc1ccc(S(=O)(=O)NCCc2cccnc2)cc1. The Morgan fingerprint density at radius 1 is 1.05 bits per heavy atom. The Morgan fingerprint density at radius 3 is 2.43 bits per heavy atom. The van der Waals surface area contributed by atoms with Gasteiger partial charge in [-0.15, -0.1) is 0 Å². The minimum absolute atomic E-state index is 0.313. The molecule has 0 saturated carbocycles. The number of hydrogen-bond acceptors (Lipinski definition) is 3. The zero-order chi connectivity index (χ0) is 15.1. The lowest BCUT2D eigenvalue weighted by molar-refractivity contribution is 0.581.